The summed E-state index contributed by atoms with van der Waals surface area (Å²) < 4.78 is 0. The van der Waals surface area contributed by atoms with Gasteiger partial charge in [0.25, 0.3) is 0 Å². The van der Waals surface area contributed by atoms with E-state index in [1.54, 1.807) is 0 Å². The van der Waals surface area contributed by atoms with E-state index in [0.29, 0.717) is 12.6 Å². The van der Waals surface area contributed by atoms with E-state index in [1.165, 1.54) is 5.56 Å². The lowest BCUT2D eigenvalue weighted by Gasteiger charge is -2.31. The van der Waals surface area contributed by atoms with Crippen LogP contribution in [-0.2, 0) is 0 Å². The minimum atomic E-state index is -0.481. The molecule has 1 fully saturated rings. The lowest BCUT2D eigenvalue weighted by atomic mass is 9.85. The molecule has 0 aromatic heterocycles. The smallest absolute Gasteiger partial charge is 0.0771 e. The van der Waals surface area contributed by atoms with Crippen molar-refractivity contribution < 1.29 is 5.11 Å². The fourth-order valence-corrected chi connectivity index (χ4v) is 3.13. The Bertz CT molecular complexity index is 401. The highest BCUT2D eigenvalue weighted by atomic mass is 16.3. The lowest BCUT2D eigenvalue weighted by Crippen LogP contribution is -2.40. The second kappa shape index (κ2) is 6.28. The molecule has 112 valence electrons. The molecule has 1 aromatic rings. The molecule has 2 rings (SSSR count). The first kappa shape index (κ1) is 15.5. The van der Waals surface area contributed by atoms with Crippen LogP contribution in [0.1, 0.15) is 64.5 Å². The van der Waals surface area contributed by atoms with Crippen molar-refractivity contribution in [2.45, 2.75) is 64.5 Å². The van der Waals surface area contributed by atoms with Crippen LogP contribution in [0.5, 0.6) is 0 Å². The maximum absolute atomic E-state index is 10.5. The van der Waals surface area contributed by atoms with Crippen LogP contribution in [0.2, 0.25) is 0 Å². The lowest BCUT2D eigenvalue weighted by molar-refractivity contribution is 0.0431. The Morgan fingerprint density at radius 1 is 1.15 bits per heavy atom. The molecule has 2 N–H and O–H groups in total. The second-order valence-corrected chi connectivity index (χ2v) is 7.54. The minimum absolute atomic E-state index is 0.270. The summed E-state index contributed by atoms with van der Waals surface area (Å²) in [5, 5.41) is 14.1. The summed E-state index contributed by atoms with van der Waals surface area (Å²) in [6.07, 6.45) is 5.28. The Balaban J connectivity index is 2.03. The SMILES string of the molecule is CC(C)(C)CC(NCC1(O)CCCC1)c1ccccc1. The van der Waals surface area contributed by atoms with Gasteiger partial charge in [-0.2, -0.15) is 0 Å². The first-order valence-corrected chi connectivity index (χ1v) is 7.89. The van der Waals surface area contributed by atoms with E-state index in [9.17, 15) is 5.11 Å². The van der Waals surface area contributed by atoms with E-state index in [-0.39, 0.29) is 5.41 Å². The quantitative estimate of drug-likeness (QED) is 0.849. The van der Waals surface area contributed by atoms with E-state index in [2.05, 4.69) is 56.4 Å². The molecule has 20 heavy (non-hydrogen) atoms. The third-order valence-corrected chi connectivity index (χ3v) is 4.23. The van der Waals surface area contributed by atoms with Crippen LogP contribution >= 0.6 is 0 Å². The third kappa shape index (κ3) is 4.60. The maximum Gasteiger partial charge on any atom is 0.0771 e. The van der Waals surface area contributed by atoms with Crippen LogP contribution in [0.15, 0.2) is 30.3 Å². The van der Waals surface area contributed by atoms with Crippen LogP contribution in [0.4, 0.5) is 0 Å². The van der Waals surface area contributed by atoms with Gasteiger partial charge in [0.05, 0.1) is 5.60 Å². The van der Waals surface area contributed by atoms with Crippen LogP contribution in [0, 0.1) is 5.41 Å². The van der Waals surface area contributed by atoms with Gasteiger partial charge in [0.2, 0.25) is 0 Å². The van der Waals surface area contributed by atoms with Crippen molar-refractivity contribution in [1.82, 2.24) is 5.32 Å². The van der Waals surface area contributed by atoms with E-state index < -0.39 is 5.60 Å². The van der Waals surface area contributed by atoms with Gasteiger partial charge in [-0.15, -0.1) is 0 Å². The van der Waals surface area contributed by atoms with Gasteiger partial charge in [-0.25, -0.2) is 0 Å². The van der Waals surface area contributed by atoms with Crippen molar-refractivity contribution in [2.75, 3.05) is 6.54 Å². The number of aliphatic hydroxyl groups is 1. The second-order valence-electron chi connectivity index (χ2n) is 7.54. The van der Waals surface area contributed by atoms with Gasteiger partial charge in [0, 0.05) is 12.6 Å². The van der Waals surface area contributed by atoms with E-state index in [1.807, 2.05) is 0 Å². The van der Waals surface area contributed by atoms with Gasteiger partial charge < -0.3 is 10.4 Å². The standard InChI is InChI=1S/C18H29NO/c1-17(2,3)13-16(15-9-5-4-6-10-15)19-14-18(20)11-7-8-12-18/h4-6,9-10,16,19-20H,7-8,11-14H2,1-3H3. The third-order valence-electron chi connectivity index (χ3n) is 4.23. The highest BCUT2D eigenvalue weighted by Gasteiger charge is 2.32. The predicted molar refractivity (Wildman–Crippen MR) is 84.7 cm³/mol. The number of rotatable bonds is 5. The minimum Gasteiger partial charge on any atom is -0.389 e. The average Bonchev–Trinajstić information content (AvgIpc) is 2.82. The summed E-state index contributed by atoms with van der Waals surface area (Å²) in [4.78, 5) is 0. The normalized spacial score (nSPS) is 20.0. The summed E-state index contributed by atoms with van der Waals surface area (Å²) >= 11 is 0. The molecule has 0 spiro atoms. The van der Waals surface area contributed by atoms with Gasteiger partial charge in [-0.3, -0.25) is 0 Å². The molecule has 2 heteroatoms. The van der Waals surface area contributed by atoms with Crippen molar-refractivity contribution in [3.8, 4) is 0 Å². The summed E-state index contributed by atoms with van der Waals surface area (Å²) in [5.41, 5.74) is 1.11. The molecular formula is C18H29NO. The van der Waals surface area contributed by atoms with Crippen LogP contribution in [0.3, 0.4) is 0 Å². The Labute approximate surface area is 123 Å². The molecule has 0 saturated heterocycles. The van der Waals surface area contributed by atoms with Gasteiger partial charge in [0.15, 0.2) is 0 Å². The zero-order valence-electron chi connectivity index (χ0n) is 13.2. The first-order chi connectivity index (χ1) is 9.38. The number of benzene rings is 1. The number of hydrogen-bond donors (Lipinski definition) is 2. The molecule has 0 heterocycles. The number of nitrogens with one attached hydrogen (secondary N) is 1. The molecule has 2 nitrogen and oxygen atoms in total. The number of hydrogen-bond acceptors (Lipinski definition) is 2. The Morgan fingerprint density at radius 2 is 1.75 bits per heavy atom. The summed E-state index contributed by atoms with van der Waals surface area (Å²) in [5.74, 6) is 0. The van der Waals surface area contributed by atoms with Crippen LogP contribution in [0.25, 0.3) is 0 Å². The van der Waals surface area contributed by atoms with Crippen molar-refractivity contribution in [2.24, 2.45) is 5.41 Å². The zero-order valence-corrected chi connectivity index (χ0v) is 13.2. The van der Waals surface area contributed by atoms with Gasteiger partial charge in [0.1, 0.15) is 0 Å². The van der Waals surface area contributed by atoms with E-state index in [4.69, 9.17) is 0 Å². The van der Waals surface area contributed by atoms with Crippen LogP contribution < -0.4 is 5.32 Å². The molecule has 0 bridgehead atoms. The highest BCUT2D eigenvalue weighted by Crippen LogP contribution is 2.32. The Kier molecular flexibility index (Phi) is 4.87. The van der Waals surface area contributed by atoms with Gasteiger partial charge in [-0.05, 0) is 30.2 Å². The molecule has 0 aliphatic heterocycles. The average molecular weight is 275 g/mol. The molecule has 1 aliphatic rings. The maximum atomic E-state index is 10.5. The summed E-state index contributed by atoms with van der Waals surface area (Å²) in [6.45, 7) is 7.53. The molecular weight excluding hydrogens is 246 g/mol. The molecule has 0 amide bonds. The molecule has 1 aromatic carbocycles. The molecule has 0 radical (unpaired) electrons. The monoisotopic (exact) mass is 275 g/mol. The zero-order chi connectivity index (χ0) is 14.6. The van der Waals surface area contributed by atoms with E-state index >= 15 is 0 Å². The molecule has 1 aliphatic carbocycles. The van der Waals surface area contributed by atoms with Crippen molar-refractivity contribution in [1.29, 1.82) is 0 Å². The first-order valence-electron chi connectivity index (χ1n) is 7.89. The fraction of sp³-hybridized carbons (Fsp3) is 0.667. The largest absolute Gasteiger partial charge is 0.389 e. The highest BCUT2D eigenvalue weighted by molar-refractivity contribution is 5.19. The predicted octanol–water partition coefficient (Wildman–Crippen LogP) is 4.06. The molecule has 1 saturated carbocycles. The van der Waals surface area contributed by atoms with Gasteiger partial charge >= 0.3 is 0 Å². The van der Waals surface area contributed by atoms with E-state index in [0.717, 1.165) is 32.1 Å². The molecule has 1 unspecified atom stereocenters. The summed E-state index contributed by atoms with van der Waals surface area (Å²) in [7, 11) is 0. The fourth-order valence-electron chi connectivity index (χ4n) is 3.13. The Hall–Kier alpha value is -0.860. The van der Waals surface area contributed by atoms with Gasteiger partial charge in [-0.1, -0.05) is 63.9 Å². The van der Waals surface area contributed by atoms with Crippen molar-refractivity contribution >= 4 is 0 Å². The topological polar surface area (TPSA) is 32.3 Å². The Morgan fingerprint density at radius 3 is 2.30 bits per heavy atom. The molecule has 1 atom stereocenters. The summed E-state index contributed by atoms with van der Waals surface area (Å²) in [6, 6.07) is 10.9. The van der Waals surface area contributed by atoms with Crippen LogP contribution in [-0.4, -0.2) is 17.3 Å². The van der Waals surface area contributed by atoms with Crippen molar-refractivity contribution in [3.05, 3.63) is 35.9 Å². The van der Waals surface area contributed by atoms with Crippen molar-refractivity contribution in [3.63, 3.8) is 0 Å².